The van der Waals surface area contributed by atoms with E-state index in [0.717, 1.165) is 12.8 Å². The van der Waals surface area contributed by atoms with Gasteiger partial charge in [0.05, 0.1) is 0 Å². The summed E-state index contributed by atoms with van der Waals surface area (Å²) in [6.45, 7) is 8.42. The van der Waals surface area contributed by atoms with Crippen LogP contribution in [0.5, 0.6) is 0 Å². The second-order valence-corrected chi connectivity index (χ2v) is 3.95. The minimum atomic E-state index is 0. The largest absolute Gasteiger partial charge is 0.253 e. The number of hydrogen-bond acceptors (Lipinski definition) is 0. The first kappa shape index (κ1) is 14.8. The summed E-state index contributed by atoms with van der Waals surface area (Å²) in [5, 5.41) is 0. The van der Waals surface area contributed by atoms with Crippen LogP contribution in [-0.4, -0.2) is 0 Å². The average Bonchev–Trinajstić information content (AvgIpc) is 2.65. The van der Waals surface area contributed by atoms with Gasteiger partial charge in [-0.3, -0.25) is 12.2 Å². The molecule has 80 valence electrons. The molecule has 0 unspecified atom stereocenters. The molecule has 0 radical (unpaired) electrons. The smallest absolute Gasteiger partial charge is 0 e. The van der Waals surface area contributed by atoms with E-state index >= 15 is 0 Å². The van der Waals surface area contributed by atoms with Crippen LogP contribution in [0.2, 0.25) is 0 Å². The van der Waals surface area contributed by atoms with Crippen LogP contribution < -0.4 is 0 Å². The van der Waals surface area contributed by atoms with Crippen LogP contribution in [0.1, 0.15) is 40.5 Å². The van der Waals surface area contributed by atoms with E-state index in [0.29, 0.717) is 0 Å². The Labute approximate surface area is 113 Å². The van der Waals surface area contributed by atoms with E-state index in [9.17, 15) is 0 Å². The van der Waals surface area contributed by atoms with Crippen molar-refractivity contribution in [2.75, 3.05) is 0 Å². The van der Waals surface area contributed by atoms with Crippen LogP contribution in [0.3, 0.4) is 0 Å². The normalized spacial score (nSPS) is 17.9. The van der Waals surface area contributed by atoms with Crippen LogP contribution in [0.15, 0.2) is 34.4 Å². The van der Waals surface area contributed by atoms with Gasteiger partial charge >= 0.3 is 0 Å². The fourth-order valence-corrected chi connectivity index (χ4v) is 1.38. The van der Waals surface area contributed by atoms with E-state index in [4.69, 9.17) is 0 Å². The molecule has 0 amide bonds. The quantitative estimate of drug-likeness (QED) is 0.447. The first-order valence-corrected chi connectivity index (χ1v) is 5.10. The van der Waals surface area contributed by atoms with E-state index in [-0.39, 0.29) is 25.8 Å². The van der Waals surface area contributed by atoms with Crippen LogP contribution in [0.4, 0.5) is 0 Å². The van der Waals surface area contributed by atoms with E-state index < -0.39 is 0 Å². The predicted octanol–water partition coefficient (Wildman–Crippen LogP) is 4.17. The van der Waals surface area contributed by atoms with Gasteiger partial charge in [0.1, 0.15) is 0 Å². The molecule has 0 aromatic carbocycles. The maximum atomic E-state index is 3.19. The molecule has 0 bridgehead atoms. The van der Waals surface area contributed by atoms with Crippen molar-refractivity contribution in [2.24, 2.45) is 0 Å². The standard InChI is InChI=1S/2C7H9.Hf/c1-6-3-4-7(2)5-6;1-6-4-3-5-7(6)2;/h2*3H,4H2,1-2H3;/q2*-1;. The molecular formula is C14H18Hf-2. The molecule has 0 saturated heterocycles. The van der Waals surface area contributed by atoms with Gasteiger partial charge < -0.3 is 0 Å². The third-order valence-electron chi connectivity index (χ3n) is 2.49. The second-order valence-electron chi connectivity index (χ2n) is 3.95. The molecule has 2 aliphatic rings. The van der Waals surface area contributed by atoms with Crippen molar-refractivity contribution in [1.29, 1.82) is 0 Å². The van der Waals surface area contributed by atoms with Gasteiger partial charge in [-0.15, -0.1) is 6.92 Å². The summed E-state index contributed by atoms with van der Waals surface area (Å²) in [6.07, 6.45) is 12.8. The molecule has 0 nitrogen and oxygen atoms in total. The maximum Gasteiger partial charge on any atom is 0 e. The van der Waals surface area contributed by atoms with Crippen LogP contribution in [0.25, 0.3) is 0 Å². The Kier molecular flexibility index (Phi) is 7.08. The number of hydrogen-bond donors (Lipinski definition) is 0. The van der Waals surface area contributed by atoms with Gasteiger partial charge in [-0.05, 0) is 0 Å². The zero-order valence-corrected chi connectivity index (χ0v) is 13.7. The van der Waals surface area contributed by atoms with E-state index in [1.807, 2.05) is 0 Å². The molecule has 0 fully saturated rings. The molecule has 0 heterocycles. The molecule has 0 N–H and O–H groups in total. The Morgan fingerprint density at radius 1 is 1.07 bits per heavy atom. The van der Waals surface area contributed by atoms with Crippen LogP contribution in [-0.2, 0) is 25.8 Å². The van der Waals surface area contributed by atoms with E-state index in [1.165, 1.54) is 22.3 Å². The van der Waals surface area contributed by atoms with Crippen molar-refractivity contribution in [2.45, 2.75) is 40.5 Å². The zero-order chi connectivity index (χ0) is 10.6. The Hall–Kier alpha value is -0.170. The molecule has 15 heavy (non-hydrogen) atoms. The Morgan fingerprint density at radius 3 is 1.87 bits per heavy atom. The SMILES string of the molecule is CC1=C(C)CC=[C-]1.CC1=[C-]C(C)=CC1.[Hf]. The van der Waals surface area contributed by atoms with Crippen molar-refractivity contribution < 1.29 is 25.8 Å². The first-order chi connectivity index (χ1) is 6.59. The van der Waals surface area contributed by atoms with Crippen molar-refractivity contribution >= 4 is 0 Å². The molecule has 2 aliphatic carbocycles. The minimum absolute atomic E-state index is 0. The Balaban J connectivity index is 0.000000245. The summed E-state index contributed by atoms with van der Waals surface area (Å²) >= 11 is 0. The summed E-state index contributed by atoms with van der Waals surface area (Å²) in [5.41, 5.74) is 5.43. The number of rotatable bonds is 0. The van der Waals surface area contributed by atoms with Crippen molar-refractivity contribution in [3.8, 4) is 0 Å². The monoisotopic (exact) mass is 366 g/mol. The van der Waals surface area contributed by atoms with Gasteiger partial charge in [0.25, 0.3) is 0 Å². The van der Waals surface area contributed by atoms with Crippen molar-refractivity contribution in [3.63, 3.8) is 0 Å². The molecule has 0 aromatic rings. The molecule has 0 saturated carbocycles. The van der Waals surface area contributed by atoms with Gasteiger partial charge in [0.2, 0.25) is 0 Å². The molecule has 0 aliphatic heterocycles. The van der Waals surface area contributed by atoms with Crippen LogP contribution >= 0.6 is 0 Å². The molecule has 0 aromatic heterocycles. The molecule has 0 atom stereocenters. The zero-order valence-electron chi connectivity index (χ0n) is 10.1. The van der Waals surface area contributed by atoms with Gasteiger partial charge in [-0.1, -0.05) is 33.6 Å². The Morgan fingerprint density at radius 2 is 1.73 bits per heavy atom. The van der Waals surface area contributed by atoms with Crippen molar-refractivity contribution in [1.82, 2.24) is 0 Å². The molecule has 0 spiro atoms. The Bertz CT molecular complexity index is 327. The minimum Gasteiger partial charge on any atom is -0.253 e. The van der Waals surface area contributed by atoms with Crippen molar-refractivity contribution in [3.05, 3.63) is 46.6 Å². The third kappa shape index (κ3) is 5.46. The van der Waals surface area contributed by atoms with Gasteiger partial charge in [0, 0.05) is 25.8 Å². The topological polar surface area (TPSA) is 0 Å². The van der Waals surface area contributed by atoms with Gasteiger partial charge in [0.15, 0.2) is 0 Å². The fourth-order valence-electron chi connectivity index (χ4n) is 1.38. The summed E-state index contributed by atoms with van der Waals surface area (Å²) in [5.74, 6) is 0. The summed E-state index contributed by atoms with van der Waals surface area (Å²) in [4.78, 5) is 0. The number of allylic oxidation sites excluding steroid dienone is 8. The fraction of sp³-hybridized carbons (Fsp3) is 0.429. The predicted molar refractivity (Wildman–Crippen MR) is 61.6 cm³/mol. The molecule has 1 heteroatoms. The maximum absolute atomic E-state index is 3.19. The van der Waals surface area contributed by atoms with Crippen LogP contribution in [0, 0.1) is 12.2 Å². The average molecular weight is 365 g/mol. The summed E-state index contributed by atoms with van der Waals surface area (Å²) in [7, 11) is 0. The van der Waals surface area contributed by atoms with E-state index in [2.05, 4.69) is 52.0 Å². The third-order valence-corrected chi connectivity index (χ3v) is 2.49. The van der Waals surface area contributed by atoms with Gasteiger partial charge in [-0.25, -0.2) is 22.8 Å². The molecular weight excluding hydrogens is 347 g/mol. The summed E-state index contributed by atoms with van der Waals surface area (Å²) < 4.78 is 0. The van der Waals surface area contributed by atoms with E-state index in [1.54, 1.807) is 0 Å². The summed E-state index contributed by atoms with van der Waals surface area (Å²) in [6, 6.07) is 0. The first-order valence-electron chi connectivity index (χ1n) is 5.10. The van der Waals surface area contributed by atoms with Gasteiger partial charge in [-0.2, -0.15) is 11.6 Å². The molecule has 2 rings (SSSR count). The second kappa shape index (κ2) is 7.16.